The minimum atomic E-state index is -1.00. The summed E-state index contributed by atoms with van der Waals surface area (Å²) in [5, 5.41) is 14.0. The Morgan fingerprint density at radius 3 is 2.32 bits per heavy atom. The summed E-state index contributed by atoms with van der Waals surface area (Å²) < 4.78 is 39.4. The number of hydrogen-bond donors (Lipinski definition) is 3. The van der Waals surface area contributed by atoms with Crippen LogP contribution < -0.4 is 11.1 Å². The Balaban J connectivity index is 2.69. The fourth-order valence-corrected chi connectivity index (χ4v) is 1.47. The topological polar surface area (TPSA) is 70.6 Å². The number of anilines is 1. The van der Waals surface area contributed by atoms with Gasteiger partial charge in [-0.2, -0.15) is 0 Å². The van der Waals surface area contributed by atoms with Crippen LogP contribution in [-0.4, -0.2) is 17.6 Å². The maximum absolute atomic E-state index is 13.3. The van der Waals surface area contributed by atoms with Crippen molar-refractivity contribution in [2.24, 2.45) is 16.3 Å². The molecule has 106 valence electrons. The summed E-state index contributed by atoms with van der Waals surface area (Å²) in [7, 11) is 0. The molecule has 0 amide bonds. The standard InChI is InChI=1S/C12H16F3N3O/c1-12(2,11(16)18-19)3-4-17-10-8(14)5-7(13)6-9(10)15/h5-6,17,19H,3-4H2,1-2H3,(H2,16,18). The molecule has 0 bridgehead atoms. The maximum Gasteiger partial charge on any atom is 0.152 e. The molecule has 0 aliphatic carbocycles. The molecule has 4 nitrogen and oxygen atoms in total. The maximum atomic E-state index is 13.3. The van der Waals surface area contributed by atoms with Gasteiger partial charge in [-0.25, -0.2) is 13.2 Å². The fraction of sp³-hybridized carbons (Fsp3) is 0.417. The van der Waals surface area contributed by atoms with Gasteiger partial charge in [0.15, 0.2) is 11.6 Å². The zero-order chi connectivity index (χ0) is 14.6. The Morgan fingerprint density at radius 1 is 1.32 bits per heavy atom. The van der Waals surface area contributed by atoms with Crippen LogP contribution in [0.25, 0.3) is 0 Å². The van der Waals surface area contributed by atoms with Crippen molar-refractivity contribution in [3.8, 4) is 0 Å². The summed E-state index contributed by atoms with van der Waals surface area (Å²) >= 11 is 0. The Hall–Kier alpha value is -1.92. The van der Waals surface area contributed by atoms with Crippen molar-refractivity contribution in [3.05, 3.63) is 29.6 Å². The molecule has 0 atom stereocenters. The summed E-state index contributed by atoms with van der Waals surface area (Å²) in [5.41, 5.74) is 4.46. The molecule has 1 rings (SSSR count). The minimum absolute atomic E-state index is 0.0225. The van der Waals surface area contributed by atoms with E-state index >= 15 is 0 Å². The van der Waals surface area contributed by atoms with Gasteiger partial charge in [-0.05, 0) is 6.42 Å². The molecule has 0 heterocycles. The molecule has 0 aliphatic heterocycles. The average molecular weight is 275 g/mol. The second-order valence-electron chi connectivity index (χ2n) is 4.79. The molecule has 0 aliphatic rings. The van der Waals surface area contributed by atoms with E-state index in [4.69, 9.17) is 10.9 Å². The van der Waals surface area contributed by atoms with Crippen molar-refractivity contribution in [1.29, 1.82) is 0 Å². The van der Waals surface area contributed by atoms with Crippen LogP contribution in [-0.2, 0) is 0 Å². The van der Waals surface area contributed by atoms with E-state index < -0.39 is 28.6 Å². The van der Waals surface area contributed by atoms with Crippen molar-refractivity contribution in [3.63, 3.8) is 0 Å². The van der Waals surface area contributed by atoms with E-state index in [9.17, 15) is 13.2 Å². The first-order chi connectivity index (χ1) is 8.77. The lowest BCUT2D eigenvalue weighted by Crippen LogP contribution is -2.33. The SMILES string of the molecule is CC(C)(CCNc1c(F)cc(F)cc1F)C(N)=NO. The number of oxime groups is 1. The lowest BCUT2D eigenvalue weighted by molar-refractivity contribution is 0.306. The van der Waals surface area contributed by atoms with Gasteiger partial charge in [0.25, 0.3) is 0 Å². The third-order valence-corrected chi connectivity index (χ3v) is 2.86. The summed E-state index contributed by atoms with van der Waals surface area (Å²) in [6.45, 7) is 3.63. The largest absolute Gasteiger partial charge is 0.409 e. The van der Waals surface area contributed by atoms with Crippen LogP contribution in [0.3, 0.4) is 0 Å². The van der Waals surface area contributed by atoms with Crippen molar-refractivity contribution in [2.45, 2.75) is 20.3 Å². The number of nitrogens with two attached hydrogens (primary N) is 1. The zero-order valence-corrected chi connectivity index (χ0v) is 10.7. The van der Waals surface area contributed by atoms with Gasteiger partial charge in [-0.15, -0.1) is 0 Å². The van der Waals surface area contributed by atoms with Crippen LogP contribution in [0.1, 0.15) is 20.3 Å². The van der Waals surface area contributed by atoms with Crippen LogP contribution >= 0.6 is 0 Å². The van der Waals surface area contributed by atoms with Crippen LogP contribution in [0.15, 0.2) is 17.3 Å². The summed E-state index contributed by atoms with van der Waals surface area (Å²) in [5.74, 6) is -2.95. The molecule has 1 aromatic carbocycles. The summed E-state index contributed by atoms with van der Waals surface area (Å²) in [6, 6.07) is 1.19. The van der Waals surface area contributed by atoms with E-state index in [0.29, 0.717) is 18.6 Å². The second kappa shape index (κ2) is 5.81. The van der Waals surface area contributed by atoms with Crippen molar-refractivity contribution in [2.75, 3.05) is 11.9 Å². The molecule has 19 heavy (non-hydrogen) atoms. The molecule has 0 unspecified atom stereocenters. The highest BCUT2D eigenvalue weighted by Crippen LogP contribution is 2.23. The zero-order valence-electron chi connectivity index (χ0n) is 10.7. The van der Waals surface area contributed by atoms with Crippen LogP contribution in [0.4, 0.5) is 18.9 Å². The average Bonchev–Trinajstić information content (AvgIpc) is 2.31. The molecule has 0 radical (unpaired) electrons. The van der Waals surface area contributed by atoms with Crippen LogP contribution in [0, 0.1) is 22.9 Å². The fourth-order valence-electron chi connectivity index (χ4n) is 1.47. The van der Waals surface area contributed by atoms with Crippen molar-refractivity contribution in [1.82, 2.24) is 0 Å². The summed E-state index contributed by atoms with van der Waals surface area (Å²) in [4.78, 5) is 0. The van der Waals surface area contributed by atoms with Gasteiger partial charge in [0.2, 0.25) is 0 Å². The highest BCUT2D eigenvalue weighted by atomic mass is 19.1. The third kappa shape index (κ3) is 3.77. The quantitative estimate of drug-likeness (QED) is 0.335. The van der Waals surface area contributed by atoms with E-state index in [1.807, 2.05) is 0 Å². The first-order valence-electron chi connectivity index (χ1n) is 5.64. The predicted molar refractivity (Wildman–Crippen MR) is 66.6 cm³/mol. The first kappa shape index (κ1) is 15.1. The van der Waals surface area contributed by atoms with Gasteiger partial charge in [-0.1, -0.05) is 19.0 Å². The third-order valence-electron chi connectivity index (χ3n) is 2.86. The Labute approximate surface area is 109 Å². The van der Waals surface area contributed by atoms with E-state index in [1.165, 1.54) is 0 Å². The molecular formula is C12H16F3N3O. The molecule has 0 spiro atoms. The van der Waals surface area contributed by atoms with Gasteiger partial charge in [-0.3, -0.25) is 0 Å². The number of rotatable bonds is 5. The van der Waals surface area contributed by atoms with Gasteiger partial charge in [0.1, 0.15) is 17.3 Å². The Morgan fingerprint density at radius 2 is 1.84 bits per heavy atom. The molecule has 0 fully saturated rings. The van der Waals surface area contributed by atoms with E-state index in [1.54, 1.807) is 13.8 Å². The monoisotopic (exact) mass is 275 g/mol. The highest BCUT2D eigenvalue weighted by molar-refractivity contribution is 5.85. The minimum Gasteiger partial charge on any atom is -0.409 e. The van der Waals surface area contributed by atoms with Gasteiger partial charge in [0.05, 0.1) is 0 Å². The van der Waals surface area contributed by atoms with E-state index in [0.717, 1.165) is 0 Å². The number of nitrogens with zero attached hydrogens (tertiary/aromatic N) is 1. The Bertz CT molecular complexity index is 466. The molecule has 1 aromatic rings. The first-order valence-corrected chi connectivity index (χ1v) is 5.64. The van der Waals surface area contributed by atoms with E-state index in [-0.39, 0.29) is 12.4 Å². The number of benzene rings is 1. The van der Waals surface area contributed by atoms with Crippen molar-refractivity contribution >= 4 is 11.5 Å². The molecule has 0 saturated heterocycles. The number of hydrogen-bond acceptors (Lipinski definition) is 3. The molecular weight excluding hydrogens is 259 g/mol. The summed E-state index contributed by atoms with van der Waals surface area (Å²) in [6.07, 6.45) is 0.374. The normalized spacial score (nSPS) is 12.6. The lowest BCUT2D eigenvalue weighted by Gasteiger charge is -2.23. The van der Waals surface area contributed by atoms with Gasteiger partial charge >= 0.3 is 0 Å². The number of halogens is 3. The smallest absolute Gasteiger partial charge is 0.152 e. The second-order valence-corrected chi connectivity index (χ2v) is 4.79. The Kier molecular flexibility index (Phi) is 4.63. The van der Waals surface area contributed by atoms with Crippen molar-refractivity contribution < 1.29 is 18.4 Å². The lowest BCUT2D eigenvalue weighted by atomic mass is 9.88. The number of amidine groups is 1. The van der Waals surface area contributed by atoms with Crippen LogP contribution in [0.2, 0.25) is 0 Å². The molecule has 0 aromatic heterocycles. The highest BCUT2D eigenvalue weighted by Gasteiger charge is 2.23. The molecule has 0 saturated carbocycles. The number of nitrogens with one attached hydrogen (secondary N) is 1. The van der Waals surface area contributed by atoms with Crippen LogP contribution in [0.5, 0.6) is 0 Å². The molecule has 4 N–H and O–H groups in total. The van der Waals surface area contributed by atoms with E-state index in [2.05, 4.69) is 10.5 Å². The van der Waals surface area contributed by atoms with Gasteiger partial charge < -0.3 is 16.3 Å². The molecule has 7 heteroatoms. The van der Waals surface area contributed by atoms with Gasteiger partial charge in [0, 0.05) is 24.1 Å². The predicted octanol–water partition coefficient (Wildman–Crippen LogP) is 2.68.